The molecular weight excluding hydrogens is 309 g/mol. The molecule has 21 heavy (non-hydrogen) atoms. The zero-order chi connectivity index (χ0) is 15.6. The monoisotopic (exact) mass is 318 g/mol. The van der Waals surface area contributed by atoms with Crippen LogP contribution >= 0.6 is 11.3 Å². The van der Waals surface area contributed by atoms with Crippen LogP contribution in [-0.4, -0.2) is 15.9 Å². The Morgan fingerprint density at radius 2 is 2.14 bits per heavy atom. The van der Waals surface area contributed by atoms with Crippen LogP contribution in [0.15, 0.2) is 22.3 Å². The summed E-state index contributed by atoms with van der Waals surface area (Å²) < 4.78 is 37.8. The molecule has 0 saturated heterocycles. The second kappa shape index (κ2) is 5.56. The van der Waals surface area contributed by atoms with Crippen molar-refractivity contribution in [3.63, 3.8) is 0 Å². The number of H-pyrrole nitrogens is 1. The highest BCUT2D eigenvalue weighted by molar-refractivity contribution is 7.07. The number of aromatic amines is 1. The smallest absolute Gasteiger partial charge is 0.365 e. The maximum absolute atomic E-state index is 12.6. The molecule has 0 aromatic carbocycles. The Balaban J connectivity index is 2.30. The summed E-state index contributed by atoms with van der Waals surface area (Å²) in [6.07, 6.45) is -4.64. The number of nitrogens with one attached hydrogen (secondary N) is 2. The first-order chi connectivity index (χ1) is 9.77. The fraction of sp³-hybridized carbons (Fsp3) is 0.182. The highest BCUT2D eigenvalue weighted by Gasteiger charge is 2.33. The van der Waals surface area contributed by atoms with Gasteiger partial charge in [0.25, 0.3) is 5.91 Å². The first kappa shape index (κ1) is 15.0. The van der Waals surface area contributed by atoms with Gasteiger partial charge in [0.05, 0.1) is 12.1 Å². The summed E-state index contributed by atoms with van der Waals surface area (Å²) in [5, 5.41) is 4.07. The molecule has 1 amide bonds. The minimum atomic E-state index is -4.64. The van der Waals surface area contributed by atoms with Crippen LogP contribution in [0.4, 0.5) is 19.0 Å². The molecule has 0 unspecified atom stereocenters. The molecule has 4 N–H and O–H groups in total. The van der Waals surface area contributed by atoms with Crippen molar-refractivity contribution in [3.8, 4) is 0 Å². The van der Waals surface area contributed by atoms with Gasteiger partial charge in [-0.25, -0.2) is 4.98 Å². The molecule has 0 aliphatic carbocycles. The summed E-state index contributed by atoms with van der Waals surface area (Å²) in [4.78, 5) is 27.7. The Bertz CT molecular complexity index is 723. The van der Waals surface area contributed by atoms with Crippen LogP contribution in [0.25, 0.3) is 0 Å². The van der Waals surface area contributed by atoms with Crippen LogP contribution in [-0.2, 0) is 12.7 Å². The third kappa shape index (κ3) is 3.60. The van der Waals surface area contributed by atoms with Crippen molar-refractivity contribution in [2.45, 2.75) is 12.7 Å². The van der Waals surface area contributed by atoms with E-state index in [1.54, 1.807) is 0 Å². The lowest BCUT2D eigenvalue weighted by molar-refractivity contribution is -0.141. The standard InChI is InChI=1S/C11H9F3N4O2S/c12-11(13,14)7-2-1-6(8(15)19)9(18-7)16-3-5-4-21-10(20)17-5/h1-2,4H,3H2,(H2,15,19)(H,16,18)(H,17,20). The average Bonchev–Trinajstić information content (AvgIpc) is 2.80. The molecule has 0 aliphatic rings. The number of rotatable bonds is 4. The van der Waals surface area contributed by atoms with Crippen molar-refractivity contribution in [1.29, 1.82) is 0 Å². The number of nitrogens with zero attached hydrogens (tertiary/aromatic N) is 1. The number of halogens is 3. The molecule has 0 aliphatic heterocycles. The lowest BCUT2D eigenvalue weighted by atomic mass is 10.2. The van der Waals surface area contributed by atoms with Crippen LogP contribution in [0.3, 0.4) is 0 Å². The lowest BCUT2D eigenvalue weighted by Gasteiger charge is -2.12. The summed E-state index contributed by atoms with van der Waals surface area (Å²) in [5.41, 5.74) is 4.24. The molecule has 6 nitrogen and oxygen atoms in total. The number of anilines is 1. The van der Waals surface area contributed by atoms with E-state index in [1.807, 2.05) is 0 Å². The van der Waals surface area contributed by atoms with Crippen LogP contribution < -0.4 is 15.9 Å². The maximum Gasteiger partial charge on any atom is 0.433 e. The second-order valence-electron chi connectivity index (χ2n) is 3.98. The zero-order valence-corrected chi connectivity index (χ0v) is 11.1. The Morgan fingerprint density at radius 1 is 1.43 bits per heavy atom. The van der Waals surface area contributed by atoms with Gasteiger partial charge >= 0.3 is 11.0 Å². The van der Waals surface area contributed by atoms with E-state index < -0.39 is 17.8 Å². The predicted molar refractivity (Wildman–Crippen MR) is 70.0 cm³/mol. The van der Waals surface area contributed by atoms with E-state index in [2.05, 4.69) is 15.3 Å². The number of carbonyl (C=O) groups excluding carboxylic acids is 1. The number of hydrogen-bond donors (Lipinski definition) is 3. The molecular formula is C11H9F3N4O2S. The van der Waals surface area contributed by atoms with E-state index in [0.717, 1.165) is 17.4 Å². The van der Waals surface area contributed by atoms with Crippen LogP contribution in [0, 0.1) is 0 Å². The van der Waals surface area contributed by atoms with Gasteiger partial charge in [0.2, 0.25) is 0 Å². The number of nitrogens with two attached hydrogens (primary N) is 1. The van der Waals surface area contributed by atoms with E-state index in [4.69, 9.17) is 5.73 Å². The number of pyridine rings is 1. The molecule has 0 fully saturated rings. The molecule has 10 heteroatoms. The Hall–Kier alpha value is -2.36. The number of aromatic nitrogens is 2. The largest absolute Gasteiger partial charge is 0.433 e. The Morgan fingerprint density at radius 3 is 2.67 bits per heavy atom. The van der Waals surface area contributed by atoms with Crippen molar-refractivity contribution in [2.24, 2.45) is 5.73 Å². The average molecular weight is 318 g/mol. The third-order valence-electron chi connectivity index (χ3n) is 2.47. The van der Waals surface area contributed by atoms with Crippen molar-refractivity contribution in [2.75, 3.05) is 5.32 Å². The van der Waals surface area contributed by atoms with Gasteiger partial charge in [0.15, 0.2) is 0 Å². The van der Waals surface area contributed by atoms with Gasteiger partial charge in [-0.3, -0.25) is 9.59 Å². The first-order valence-corrected chi connectivity index (χ1v) is 6.44. The summed E-state index contributed by atoms with van der Waals surface area (Å²) in [7, 11) is 0. The normalized spacial score (nSPS) is 11.4. The summed E-state index contributed by atoms with van der Waals surface area (Å²) >= 11 is 0.914. The number of carbonyl (C=O) groups is 1. The van der Waals surface area contributed by atoms with Crippen molar-refractivity contribution in [3.05, 3.63) is 44.1 Å². The Labute approximate surface area is 119 Å². The molecule has 0 bridgehead atoms. The fourth-order valence-corrected chi connectivity index (χ4v) is 2.11. The molecule has 2 aromatic rings. The van der Waals surface area contributed by atoms with Gasteiger partial charge in [-0.15, -0.1) is 0 Å². The molecule has 2 rings (SSSR count). The van der Waals surface area contributed by atoms with Gasteiger partial charge in [-0.1, -0.05) is 11.3 Å². The summed E-state index contributed by atoms with van der Waals surface area (Å²) in [6, 6.07) is 1.63. The first-order valence-electron chi connectivity index (χ1n) is 5.56. The van der Waals surface area contributed by atoms with Gasteiger partial charge in [-0.05, 0) is 12.1 Å². The molecule has 2 heterocycles. The number of primary amides is 1. The molecule has 0 atom stereocenters. The van der Waals surface area contributed by atoms with Crippen molar-refractivity contribution < 1.29 is 18.0 Å². The quantitative estimate of drug-likeness (QED) is 0.796. The van der Waals surface area contributed by atoms with Crippen LogP contribution in [0.5, 0.6) is 0 Å². The molecule has 0 saturated carbocycles. The van der Waals surface area contributed by atoms with Gasteiger partial charge in [-0.2, -0.15) is 13.2 Å². The van der Waals surface area contributed by atoms with E-state index in [0.29, 0.717) is 11.8 Å². The third-order valence-corrected chi connectivity index (χ3v) is 3.19. The highest BCUT2D eigenvalue weighted by atomic mass is 32.1. The van der Waals surface area contributed by atoms with Gasteiger partial charge in [0.1, 0.15) is 11.5 Å². The van der Waals surface area contributed by atoms with Crippen molar-refractivity contribution in [1.82, 2.24) is 9.97 Å². The van der Waals surface area contributed by atoms with Crippen LogP contribution in [0.2, 0.25) is 0 Å². The van der Waals surface area contributed by atoms with E-state index in [-0.39, 0.29) is 22.8 Å². The SMILES string of the molecule is NC(=O)c1ccc(C(F)(F)F)nc1NCc1csc(=O)[nH]1. The van der Waals surface area contributed by atoms with E-state index in [9.17, 15) is 22.8 Å². The number of amides is 1. The highest BCUT2D eigenvalue weighted by Crippen LogP contribution is 2.29. The van der Waals surface area contributed by atoms with Crippen LogP contribution in [0.1, 0.15) is 21.7 Å². The number of thiazole rings is 1. The van der Waals surface area contributed by atoms with Crippen molar-refractivity contribution >= 4 is 23.1 Å². The minimum Gasteiger partial charge on any atom is -0.365 e. The summed E-state index contributed by atoms with van der Waals surface area (Å²) in [6.45, 7) is 0.00727. The molecule has 2 aromatic heterocycles. The minimum absolute atomic E-state index is 0.00727. The number of hydrogen-bond acceptors (Lipinski definition) is 5. The predicted octanol–water partition coefficient (Wildman–Crippen LogP) is 1.56. The zero-order valence-electron chi connectivity index (χ0n) is 10.3. The summed E-state index contributed by atoms with van der Waals surface area (Å²) in [5.74, 6) is -1.19. The lowest BCUT2D eigenvalue weighted by Crippen LogP contribution is -2.18. The molecule has 0 radical (unpaired) electrons. The number of alkyl halides is 3. The second-order valence-corrected chi connectivity index (χ2v) is 4.82. The van der Waals surface area contributed by atoms with E-state index >= 15 is 0 Å². The molecule has 0 spiro atoms. The Kier molecular flexibility index (Phi) is 3.98. The molecule has 112 valence electrons. The maximum atomic E-state index is 12.6. The van der Waals surface area contributed by atoms with Gasteiger partial charge in [0, 0.05) is 11.1 Å². The van der Waals surface area contributed by atoms with Gasteiger partial charge < -0.3 is 16.0 Å². The fourth-order valence-electron chi connectivity index (χ4n) is 1.53. The topological polar surface area (TPSA) is 101 Å². The van der Waals surface area contributed by atoms with E-state index in [1.165, 1.54) is 5.38 Å².